The molecule has 0 radical (unpaired) electrons. The first kappa shape index (κ1) is 12.9. The molecule has 2 heterocycles. The predicted molar refractivity (Wildman–Crippen MR) is 70.3 cm³/mol. The number of carboxylic acids is 1. The topological polar surface area (TPSA) is 75.4 Å². The van der Waals surface area contributed by atoms with Gasteiger partial charge in [0.1, 0.15) is 6.04 Å². The van der Waals surface area contributed by atoms with Gasteiger partial charge in [0.15, 0.2) is 5.82 Å². The fourth-order valence-corrected chi connectivity index (χ4v) is 2.98. The van der Waals surface area contributed by atoms with Gasteiger partial charge in [-0.25, -0.2) is 9.78 Å². The van der Waals surface area contributed by atoms with Crippen molar-refractivity contribution in [1.29, 1.82) is 0 Å². The van der Waals surface area contributed by atoms with Gasteiger partial charge in [-0.15, -0.1) is 0 Å². The summed E-state index contributed by atoms with van der Waals surface area (Å²) in [6, 6.07) is -0.670. The molecule has 0 amide bonds. The fraction of sp³-hybridized carbons (Fsp3) is 0.545. The molecule has 2 rings (SSSR count). The molecular formula is C11H15N3O3S. The van der Waals surface area contributed by atoms with Gasteiger partial charge in [0.05, 0.1) is 0 Å². The molecule has 1 N–H and O–H groups in total. The molecule has 1 atom stereocenters. The van der Waals surface area contributed by atoms with Crippen molar-refractivity contribution in [3.05, 3.63) is 22.7 Å². The van der Waals surface area contributed by atoms with Crippen LogP contribution in [0.2, 0.25) is 0 Å². The molecule has 0 saturated carbocycles. The van der Waals surface area contributed by atoms with Crippen molar-refractivity contribution < 1.29 is 9.90 Å². The van der Waals surface area contributed by atoms with Crippen molar-refractivity contribution in [2.45, 2.75) is 19.5 Å². The number of rotatable bonds is 3. The normalized spacial score (nSPS) is 19.8. The number of anilines is 1. The number of aliphatic carboxylic acids is 1. The van der Waals surface area contributed by atoms with Crippen molar-refractivity contribution >= 4 is 23.5 Å². The van der Waals surface area contributed by atoms with Gasteiger partial charge >= 0.3 is 5.97 Å². The van der Waals surface area contributed by atoms with Crippen LogP contribution >= 0.6 is 11.8 Å². The standard InChI is InChI=1S/C11H15N3O3S/c1-2-13-4-3-12-9(10(13)15)14-5-6-18-7-8(14)11(16)17/h3-4,8H,2,5-7H2,1H3,(H,16,17). The van der Waals surface area contributed by atoms with Crippen LogP contribution in [-0.2, 0) is 11.3 Å². The van der Waals surface area contributed by atoms with E-state index < -0.39 is 12.0 Å². The van der Waals surface area contributed by atoms with E-state index in [0.717, 1.165) is 5.75 Å². The number of aryl methyl sites for hydroxylation is 1. The van der Waals surface area contributed by atoms with Gasteiger partial charge in [-0.2, -0.15) is 11.8 Å². The van der Waals surface area contributed by atoms with Crippen molar-refractivity contribution in [2.24, 2.45) is 0 Å². The molecule has 0 bridgehead atoms. The molecule has 1 aliphatic rings. The van der Waals surface area contributed by atoms with E-state index in [-0.39, 0.29) is 11.4 Å². The zero-order chi connectivity index (χ0) is 13.1. The zero-order valence-electron chi connectivity index (χ0n) is 10.1. The Morgan fingerprint density at radius 3 is 3.11 bits per heavy atom. The number of aromatic nitrogens is 2. The van der Waals surface area contributed by atoms with Crippen LogP contribution in [0, 0.1) is 0 Å². The fourth-order valence-electron chi connectivity index (χ4n) is 1.94. The minimum Gasteiger partial charge on any atom is -0.480 e. The van der Waals surface area contributed by atoms with Crippen LogP contribution < -0.4 is 10.5 Å². The Morgan fingerprint density at radius 2 is 2.44 bits per heavy atom. The lowest BCUT2D eigenvalue weighted by Crippen LogP contribution is -2.50. The number of carboxylic acid groups (broad SMARTS) is 1. The summed E-state index contributed by atoms with van der Waals surface area (Å²) in [5.74, 6) is 0.631. The number of thioether (sulfide) groups is 1. The average Bonchev–Trinajstić information content (AvgIpc) is 2.39. The Balaban J connectivity index is 2.40. The van der Waals surface area contributed by atoms with E-state index in [4.69, 9.17) is 0 Å². The summed E-state index contributed by atoms with van der Waals surface area (Å²) in [6.07, 6.45) is 3.15. The summed E-state index contributed by atoms with van der Waals surface area (Å²) in [4.78, 5) is 29.0. The molecule has 0 aromatic carbocycles. The smallest absolute Gasteiger partial charge is 0.327 e. The second kappa shape index (κ2) is 5.43. The van der Waals surface area contributed by atoms with E-state index in [2.05, 4.69) is 4.98 Å². The first-order valence-electron chi connectivity index (χ1n) is 5.77. The number of hydrogen-bond acceptors (Lipinski definition) is 5. The maximum atomic E-state index is 12.1. The molecule has 0 aliphatic carbocycles. The summed E-state index contributed by atoms with van der Waals surface area (Å²) in [6.45, 7) is 2.96. The van der Waals surface area contributed by atoms with E-state index in [9.17, 15) is 14.7 Å². The molecule has 1 aliphatic heterocycles. The molecule has 18 heavy (non-hydrogen) atoms. The highest BCUT2D eigenvalue weighted by Gasteiger charge is 2.31. The summed E-state index contributed by atoms with van der Waals surface area (Å²) in [5.41, 5.74) is -0.224. The molecule has 7 heteroatoms. The van der Waals surface area contributed by atoms with Crippen molar-refractivity contribution in [3.63, 3.8) is 0 Å². The average molecular weight is 269 g/mol. The first-order valence-corrected chi connectivity index (χ1v) is 6.93. The number of carbonyl (C=O) groups is 1. The molecule has 1 fully saturated rings. The van der Waals surface area contributed by atoms with Crippen LogP contribution in [0.25, 0.3) is 0 Å². The maximum absolute atomic E-state index is 12.1. The lowest BCUT2D eigenvalue weighted by atomic mass is 10.2. The van der Waals surface area contributed by atoms with Gasteiger partial charge in [0.2, 0.25) is 0 Å². The summed E-state index contributed by atoms with van der Waals surface area (Å²) in [7, 11) is 0. The molecule has 1 aromatic rings. The van der Waals surface area contributed by atoms with E-state index in [1.807, 2.05) is 6.92 Å². The van der Waals surface area contributed by atoms with Crippen molar-refractivity contribution in [1.82, 2.24) is 9.55 Å². The number of nitrogens with zero attached hydrogens (tertiary/aromatic N) is 3. The summed E-state index contributed by atoms with van der Waals surface area (Å²) < 4.78 is 1.53. The van der Waals surface area contributed by atoms with Crippen LogP contribution in [0.3, 0.4) is 0 Å². The zero-order valence-corrected chi connectivity index (χ0v) is 10.9. The molecule has 1 unspecified atom stereocenters. The first-order chi connectivity index (χ1) is 8.65. The maximum Gasteiger partial charge on any atom is 0.327 e. The molecule has 1 aromatic heterocycles. The minimum absolute atomic E-state index is 0.224. The van der Waals surface area contributed by atoms with Gasteiger partial charge in [-0.1, -0.05) is 0 Å². The second-order valence-electron chi connectivity index (χ2n) is 3.96. The van der Waals surface area contributed by atoms with Gasteiger partial charge < -0.3 is 14.6 Å². The Bertz CT molecular complexity index is 503. The Labute approximate surface area is 109 Å². The quantitative estimate of drug-likeness (QED) is 0.849. The van der Waals surface area contributed by atoms with Crippen molar-refractivity contribution in [3.8, 4) is 0 Å². The van der Waals surface area contributed by atoms with Crippen LogP contribution in [0.5, 0.6) is 0 Å². The monoisotopic (exact) mass is 269 g/mol. The van der Waals surface area contributed by atoms with E-state index in [1.165, 1.54) is 4.57 Å². The molecule has 0 spiro atoms. The Kier molecular flexibility index (Phi) is 3.90. The third-order valence-electron chi connectivity index (χ3n) is 2.92. The summed E-state index contributed by atoms with van der Waals surface area (Å²) in [5, 5.41) is 9.20. The van der Waals surface area contributed by atoms with E-state index >= 15 is 0 Å². The van der Waals surface area contributed by atoms with Crippen LogP contribution in [0.15, 0.2) is 17.2 Å². The lowest BCUT2D eigenvalue weighted by Gasteiger charge is -2.32. The second-order valence-corrected chi connectivity index (χ2v) is 5.11. The Hall–Kier alpha value is -1.50. The largest absolute Gasteiger partial charge is 0.480 e. The highest BCUT2D eigenvalue weighted by Crippen LogP contribution is 2.20. The highest BCUT2D eigenvalue weighted by molar-refractivity contribution is 7.99. The van der Waals surface area contributed by atoms with Gasteiger partial charge in [-0.3, -0.25) is 4.79 Å². The number of hydrogen-bond donors (Lipinski definition) is 1. The van der Waals surface area contributed by atoms with Gasteiger partial charge in [-0.05, 0) is 6.92 Å². The third kappa shape index (κ3) is 2.35. The lowest BCUT2D eigenvalue weighted by molar-refractivity contribution is -0.138. The molecule has 6 nitrogen and oxygen atoms in total. The highest BCUT2D eigenvalue weighted by atomic mass is 32.2. The third-order valence-corrected chi connectivity index (χ3v) is 3.94. The molecule has 1 saturated heterocycles. The minimum atomic E-state index is -0.907. The Morgan fingerprint density at radius 1 is 1.67 bits per heavy atom. The predicted octanol–water partition coefficient (Wildman–Crippen LogP) is 0.270. The van der Waals surface area contributed by atoms with Crippen molar-refractivity contribution in [2.75, 3.05) is 23.0 Å². The van der Waals surface area contributed by atoms with E-state index in [0.29, 0.717) is 18.8 Å². The van der Waals surface area contributed by atoms with Gasteiger partial charge in [0.25, 0.3) is 5.56 Å². The van der Waals surface area contributed by atoms with Crippen LogP contribution in [0.4, 0.5) is 5.82 Å². The SMILES string of the molecule is CCn1ccnc(N2CCSCC2C(=O)O)c1=O. The van der Waals surface area contributed by atoms with Crippen LogP contribution in [-0.4, -0.2) is 44.7 Å². The molecule has 98 valence electrons. The van der Waals surface area contributed by atoms with E-state index in [1.54, 1.807) is 29.1 Å². The summed E-state index contributed by atoms with van der Waals surface area (Å²) >= 11 is 1.59. The molecular weight excluding hydrogens is 254 g/mol. The van der Waals surface area contributed by atoms with Crippen LogP contribution in [0.1, 0.15) is 6.92 Å². The van der Waals surface area contributed by atoms with Gasteiger partial charge in [0, 0.05) is 37.0 Å².